The fourth-order valence-corrected chi connectivity index (χ4v) is 6.30. The van der Waals surface area contributed by atoms with Crippen LogP contribution in [-0.4, -0.2) is 36.4 Å². The zero-order chi connectivity index (χ0) is 20.5. The average Bonchev–Trinajstić information content (AvgIpc) is 3.42. The van der Waals surface area contributed by atoms with Gasteiger partial charge in [0.2, 0.25) is 5.78 Å². The number of carbonyl (C=O) groups excluding carboxylic acids is 1. The lowest BCUT2D eigenvalue weighted by Crippen LogP contribution is -2.43. The van der Waals surface area contributed by atoms with Gasteiger partial charge in [0.25, 0.3) is 0 Å². The van der Waals surface area contributed by atoms with Crippen LogP contribution in [0.4, 0.5) is 0 Å². The molecule has 30 heavy (non-hydrogen) atoms. The van der Waals surface area contributed by atoms with Gasteiger partial charge in [-0.1, -0.05) is 48.4 Å². The average molecular weight is 424 g/mol. The molecule has 3 nitrogen and oxygen atoms in total. The Hall–Kier alpha value is -1.84. The van der Waals surface area contributed by atoms with E-state index in [0.717, 1.165) is 23.6 Å². The number of hydrogen-bond donors (Lipinski definition) is 0. The van der Waals surface area contributed by atoms with Crippen molar-refractivity contribution in [2.24, 2.45) is 11.8 Å². The molecule has 158 valence electrons. The predicted molar refractivity (Wildman–Crippen MR) is 121 cm³/mol. The normalized spacial score (nSPS) is 26.8. The fraction of sp³-hybridized carbons (Fsp3) is 0.500. The van der Waals surface area contributed by atoms with Crippen LogP contribution in [0.2, 0.25) is 5.02 Å². The molecule has 0 spiro atoms. The second kappa shape index (κ2) is 8.72. The van der Waals surface area contributed by atoms with E-state index in [2.05, 4.69) is 17.0 Å². The monoisotopic (exact) mass is 423 g/mol. The molecule has 2 aliphatic carbocycles. The first-order valence-corrected chi connectivity index (χ1v) is 11.8. The molecular weight excluding hydrogens is 394 g/mol. The van der Waals surface area contributed by atoms with Crippen molar-refractivity contribution in [2.75, 3.05) is 19.7 Å². The zero-order valence-corrected chi connectivity index (χ0v) is 18.2. The van der Waals surface area contributed by atoms with Crippen LogP contribution in [0.1, 0.15) is 60.4 Å². The summed E-state index contributed by atoms with van der Waals surface area (Å²) in [6.45, 7) is 2.39. The van der Waals surface area contributed by atoms with Crippen LogP contribution in [0.25, 0.3) is 0 Å². The smallest absolute Gasteiger partial charge is 0.201 e. The van der Waals surface area contributed by atoms with Gasteiger partial charge in [0.15, 0.2) is 6.61 Å². The lowest BCUT2D eigenvalue weighted by molar-refractivity contribution is 0.0917. The summed E-state index contributed by atoms with van der Waals surface area (Å²) in [5.74, 6) is 3.23. The lowest BCUT2D eigenvalue weighted by Gasteiger charge is -2.40. The number of rotatable bonds is 6. The molecule has 2 bridgehead atoms. The van der Waals surface area contributed by atoms with E-state index in [1.807, 2.05) is 24.3 Å². The number of benzene rings is 2. The highest BCUT2D eigenvalue weighted by atomic mass is 35.5. The van der Waals surface area contributed by atoms with Crippen molar-refractivity contribution in [1.82, 2.24) is 4.90 Å². The zero-order valence-electron chi connectivity index (χ0n) is 17.4. The first-order chi connectivity index (χ1) is 14.7. The van der Waals surface area contributed by atoms with Crippen molar-refractivity contribution in [3.63, 3.8) is 0 Å². The predicted octanol–water partition coefficient (Wildman–Crippen LogP) is 5.97. The van der Waals surface area contributed by atoms with Crippen molar-refractivity contribution in [3.05, 3.63) is 64.7 Å². The van der Waals surface area contributed by atoms with Crippen LogP contribution in [0.5, 0.6) is 5.75 Å². The van der Waals surface area contributed by atoms with E-state index < -0.39 is 0 Å². The Morgan fingerprint density at radius 1 is 0.967 bits per heavy atom. The number of fused-ring (bicyclic) bond motifs is 2. The Labute approximate surface area is 184 Å². The number of Topliss-reactive ketones (excluding diaryl/α,β-unsaturated/α-hetero) is 1. The minimum Gasteiger partial charge on any atom is -0.485 e. The topological polar surface area (TPSA) is 29.5 Å². The summed E-state index contributed by atoms with van der Waals surface area (Å²) in [6.07, 6.45) is 8.17. The van der Waals surface area contributed by atoms with Crippen molar-refractivity contribution < 1.29 is 9.53 Å². The number of ether oxygens (including phenoxy) is 1. The highest BCUT2D eigenvalue weighted by Gasteiger charge is 2.43. The molecule has 3 aliphatic rings. The maximum Gasteiger partial charge on any atom is 0.201 e. The van der Waals surface area contributed by atoms with Gasteiger partial charge in [-0.25, -0.2) is 0 Å². The molecule has 0 radical (unpaired) electrons. The number of ketones is 1. The Balaban J connectivity index is 1.21. The Morgan fingerprint density at radius 2 is 1.73 bits per heavy atom. The first-order valence-electron chi connectivity index (χ1n) is 11.4. The lowest BCUT2D eigenvalue weighted by atomic mass is 9.86. The van der Waals surface area contributed by atoms with Crippen molar-refractivity contribution in [3.8, 4) is 5.75 Å². The molecular formula is C26H30ClNO2. The minimum absolute atomic E-state index is 0.0186. The van der Waals surface area contributed by atoms with Crippen LogP contribution in [0.3, 0.4) is 0 Å². The van der Waals surface area contributed by atoms with Crippen LogP contribution >= 0.6 is 11.6 Å². The first kappa shape index (κ1) is 20.1. The molecule has 1 aliphatic heterocycles. The van der Waals surface area contributed by atoms with Gasteiger partial charge in [-0.2, -0.15) is 0 Å². The molecule has 0 N–H and O–H groups in total. The Morgan fingerprint density at radius 3 is 2.47 bits per heavy atom. The Kier molecular flexibility index (Phi) is 5.84. The maximum absolute atomic E-state index is 12.6. The van der Waals surface area contributed by atoms with E-state index in [4.69, 9.17) is 16.3 Å². The minimum atomic E-state index is -0.0819. The molecule has 1 saturated heterocycles. The fourth-order valence-electron chi connectivity index (χ4n) is 6.06. The third-order valence-electron chi connectivity index (χ3n) is 7.59. The molecule has 3 fully saturated rings. The van der Waals surface area contributed by atoms with E-state index in [0.29, 0.717) is 16.5 Å². The molecule has 0 amide bonds. The van der Waals surface area contributed by atoms with Gasteiger partial charge in [0, 0.05) is 11.6 Å². The van der Waals surface area contributed by atoms with Gasteiger partial charge >= 0.3 is 0 Å². The molecule has 4 heteroatoms. The molecule has 2 aromatic carbocycles. The van der Waals surface area contributed by atoms with Crippen LogP contribution in [0, 0.1) is 11.8 Å². The highest BCUT2D eigenvalue weighted by Crippen LogP contribution is 2.47. The standard InChI is InChI=1S/C26H30ClNO2/c27-23-7-3-1-6-22(23)25(29)17-30-26-8-4-2-5-21(26)19-11-13-28(14-12-19)24-16-18-9-10-20(24)15-18/h1-8,18-20,24H,9-17H2/t18-,20?,24-/m0/s1. The number of nitrogens with zero attached hydrogens (tertiary/aromatic N) is 1. The van der Waals surface area contributed by atoms with Crippen LogP contribution in [-0.2, 0) is 0 Å². The van der Waals surface area contributed by atoms with E-state index in [1.165, 1.54) is 57.2 Å². The summed E-state index contributed by atoms with van der Waals surface area (Å²) in [6, 6.07) is 16.2. The number of hydrogen-bond acceptors (Lipinski definition) is 3. The SMILES string of the molecule is O=C(COc1ccccc1C1CCN([C@H]2C[C@H]3CCC2C3)CC1)c1ccccc1Cl. The summed E-state index contributed by atoms with van der Waals surface area (Å²) in [4.78, 5) is 15.3. The molecule has 2 saturated carbocycles. The third kappa shape index (κ3) is 4.02. The summed E-state index contributed by atoms with van der Waals surface area (Å²) >= 11 is 6.16. The third-order valence-corrected chi connectivity index (χ3v) is 7.92. The summed E-state index contributed by atoms with van der Waals surface area (Å²) in [5, 5.41) is 0.479. The second-order valence-electron chi connectivity index (χ2n) is 9.28. The van der Waals surface area contributed by atoms with Gasteiger partial charge < -0.3 is 9.64 Å². The molecule has 0 aromatic heterocycles. The molecule has 2 aromatic rings. The quantitative estimate of drug-likeness (QED) is 0.536. The summed E-state index contributed by atoms with van der Waals surface area (Å²) in [5.41, 5.74) is 1.77. The van der Waals surface area contributed by atoms with E-state index in [-0.39, 0.29) is 12.4 Å². The van der Waals surface area contributed by atoms with E-state index >= 15 is 0 Å². The molecule has 1 unspecified atom stereocenters. The summed E-state index contributed by atoms with van der Waals surface area (Å²) in [7, 11) is 0. The van der Waals surface area contributed by atoms with Gasteiger partial charge in [0.05, 0.1) is 5.02 Å². The van der Waals surface area contributed by atoms with Crippen LogP contribution in [0.15, 0.2) is 48.5 Å². The number of halogens is 1. The Bertz CT molecular complexity index is 905. The summed E-state index contributed by atoms with van der Waals surface area (Å²) < 4.78 is 6.01. The van der Waals surface area contributed by atoms with Gasteiger partial charge in [-0.3, -0.25) is 4.79 Å². The number of carbonyl (C=O) groups is 1. The van der Waals surface area contributed by atoms with E-state index in [9.17, 15) is 4.79 Å². The molecule has 5 rings (SSSR count). The van der Waals surface area contributed by atoms with Gasteiger partial charge in [-0.15, -0.1) is 0 Å². The van der Waals surface area contributed by atoms with Crippen molar-refractivity contribution in [2.45, 2.75) is 50.5 Å². The van der Waals surface area contributed by atoms with E-state index in [1.54, 1.807) is 12.1 Å². The number of para-hydroxylation sites is 1. The number of piperidine rings is 1. The molecule has 3 atom stereocenters. The van der Waals surface area contributed by atoms with Gasteiger partial charge in [0.1, 0.15) is 5.75 Å². The maximum atomic E-state index is 12.6. The molecule has 1 heterocycles. The highest BCUT2D eigenvalue weighted by molar-refractivity contribution is 6.34. The van der Waals surface area contributed by atoms with Crippen LogP contribution < -0.4 is 4.74 Å². The van der Waals surface area contributed by atoms with Crippen molar-refractivity contribution >= 4 is 17.4 Å². The second-order valence-corrected chi connectivity index (χ2v) is 9.69. The van der Waals surface area contributed by atoms with Crippen molar-refractivity contribution in [1.29, 1.82) is 0 Å². The van der Waals surface area contributed by atoms with Gasteiger partial charge in [-0.05, 0) is 86.7 Å². The largest absolute Gasteiger partial charge is 0.485 e. The number of likely N-dealkylation sites (tertiary alicyclic amines) is 1.